The van der Waals surface area contributed by atoms with Crippen LogP contribution in [0.3, 0.4) is 0 Å². The van der Waals surface area contributed by atoms with E-state index in [4.69, 9.17) is 21.1 Å². The summed E-state index contributed by atoms with van der Waals surface area (Å²) in [4.78, 5) is 24.1. The molecular formula is C20H20ClFN2O6S. The van der Waals surface area contributed by atoms with Crippen molar-refractivity contribution in [2.24, 2.45) is 0 Å². The topological polar surface area (TPSA) is 102 Å². The van der Waals surface area contributed by atoms with Crippen molar-refractivity contribution in [1.82, 2.24) is 4.31 Å². The van der Waals surface area contributed by atoms with Gasteiger partial charge in [0.1, 0.15) is 10.7 Å². The minimum Gasteiger partial charge on any atom is -0.449 e. The molecule has 1 heterocycles. The molecule has 31 heavy (non-hydrogen) atoms. The predicted octanol–water partition coefficient (Wildman–Crippen LogP) is 2.68. The molecule has 8 nitrogen and oxygen atoms in total. The van der Waals surface area contributed by atoms with Crippen LogP contribution in [0.1, 0.15) is 17.3 Å². The molecule has 0 spiro atoms. The van der Waals surface area contributed by atoms with Crippen molar-refractivity contribution >= 4 is 39.2 Å². The highest BCUT2D eigenvalue weighted by molar-refractivity contribution is 7.89. The van der Waals surface area contributed by atoms with Crippen LogP contribution < -0.4 is 5.32 Å². The lowest BCUT2D eigenvalue weighted by molar-refractivity contribution is -0.123. The third-order valence-corrected chi connectivity index (χ3v) is 6.69. The van der Waals surface area contributed by atoms with Crippen LogP contribution in [-0.2, 0) is 24.3 Å². The van der Waals surface area contributed by atoms with Gasteiger partial charge in [-0.1, -0.05) is 11.6 Å². The van der Waals surface area contributed by atoms with Gasteiger partial charge < -0.3 is 14.8 Å². The Kier molecular flexibility index (Phi) is 7.26. The van der Waals surface area contributed by atoms with E-state index < -0.39 is 38.7 Å². The minimum absolute atomic E-state index is 0.0817. The summed E-state index contributed by atoms with van der Waals surface area (Å²) in [6, 6.07) is 9.22. The molecule has 0 bridgehead atoms. The van der Waals surface area contributed by atoms with Crippen LogP contribution in [0.4, 0.5) is 10.1 Å². The number of hydrogen-bond donors (Lipinski definition) is 1. The number of esters is 1. The zero-order chi connectivity index (χ0) is 22.6. The number of amides is 1. The number of halogens is 2. The van der Waals surface area contributed by atoms with Gasteiger partial charge in [-0.3, -0.25) is 4.79 Å². The summed E-state index contributed by atoms with van der Waals surface area (Å²) in [5, 5.41) is 3.06. The summed E-state index contributed by atoms with van der Waals surface area (Å²) in [5.74, 6) is -2.55. The molecule has 2 aromatic carbocycles. The van der Waals surface area contributed by atoms with Gasteiger partial charge in [0.2, 0.25) is 10.0 Å². The smallest absolute Gasteiger partial charge is 0.338 e. The number of ether oxygens (including phenoxy) is 2. The van der Waals surface area contributed by atoms with E-state index in [1.807, 2.05) is 0 Å². The number of carbonyl (C=O) groups excluding carboxylic acids is 2. The quantitative estimate of drug-likeness (QED) is 0.651. The highest BCUT2D eigenvalue weighted by Crippen LogP contribution is 2.22. The molecule has 1 amide bonds. The van der Waals surface area contributed by atoms with E-state index in [9.17, 15) is 22.4 Å². The number of morpholine rings is 1. The lowest BCUT2D eigenvalue weighted by Crippen LogP contribution is -2.41. The maximum absolute atomic E-state index is 14.3. The van der Waals surface area contributed by atoms with Crippen molar-refractivity contribution in [3.05, 3.63) is 58.9 Å². The van der Waals surface area contributed by atoms with E-state index in [0.717, 1.165) is 22.5 Å². The van der Waals surface area contributed by atoms with Crippen molar-refractivity contribution in [2.45, 2.75) is 17.9 Å². The number of hydrogen-bond acceptors (Lipinski definition) is 6. The Balaban J connectivity index is 1.72. The molecule has 0 aliphatic carbocycles. The van der Waals surface area contributed by atoms with Crippen LogP contribution in [0.5, 0.6) is 0 Å². The van der Waals surface area contributed by atoms with Crippen molar-refractivity contribution in [2.75, 3.05) is 31.6 Å². The number of benzene rings is 2. The van der Waals surface area contributed by atoms with Gasteiger partial charge in [0, 0.05) is 23.8 Å². The molecule has 2 aromatic rings. The average molecular weight is 471 g/mol. The second-order valence-corrected chi connectivity index (χ2v) is 9.05. The molecule has 1 unspecified atom stereocenters. The lowest BCUT2D eigenvalue weighted by Gasteiger charge is -2.26. The van der Waals surface area contributed by atoms with Gasteiger partial charge in [0.05, 0.1) is 18.8 Å². The van der Waals surface area contributed by atoms with Crippen LogP contribution in [-0.4, -0.2) is 57.0 Å². The monoisotopic (exact) mass is 470 g/mol. The van der Waals surface area contributed by atoms with Gasteiger partial charge in [-0.2, -0.15) is 4.31 Å². The molecule has 1 fully saturated rings. The van der Waals surface area contributed by atoms with E-state index in [1.54, 1.807) is 24.3 Å². The Bertz CT molecular complexity index is 1070. The summed E-state index contributed by atoms with van der Waals surface area (Å²) in [5.41, 5.74) is 0.261. The van der Waals surface area contributed by atoms with Gasteiger partial charge in [-0.25, -0.2) is 17.6 Å². The van der Waals surface area contributed by atoms with Gasteiger partial charge >= 0.3 is 5.97 Å². The minimum atomic E-state index is -4.16. The van der Waals surface area contributed by atoms with Crippen molar-refractivity contribution in [1.29, 1.82) is 0 Å². The average Bonchev–Trinajstić information content (AvgIpc) is 2.76. The van der Waals surface area contributed by atoms with Crippen LogP contribution in [0.15, 0.2) is 47.4 Å². The highest BCUT2D eigenvalue weighted by Gasteiger charge is 2.30. The normalized spacial score (nSPS) is 15.8. The Hall–Kier alpha value is -2.53. The molecule has 0 aromatic heterocycles. The number of anilines is 1. The lowest BCUT2D eigenvalue weighted by atomic mass is 10.2. The van der Waals surface area contributed by atoms with Crippen LogP contribution in [0.2, 0.25) is 5.02 Å². The van der Waals surface area contributed by atoms with E-state index in [0.29, 0.717) is 10.7 Å². The highest BCUT2D eigenvalue weighted by atomic mass is 35.5. The maximum Gasteiger partial charge on any atom is 0.338 e. The number of carbonyl (C=O) groups is 2. The second kappa shape index (κ2) is 9.73. The molecule has 1 saturated heterocycles. The summed E-state index contributed by atoms with van der Waals surface area (Å²) < 4.78 is 51.1. The summed E-state index contributed by atoms with van der Waals surface area (Å²) in [6.07, 6.45) is -1.19. The molecule has 1 aliphatic rings. The van der Waals surface area contributed by atoms with E-state index in [1.165, 1.54) is 6.92 Å². The van der Waals surface area contributed by atoms with Crippen molar-refractivity contribution in [3.63, 3.8) is 0 Å². The van der Waals surface area contributed by atoms with Crippen molar-refractivity contribution < 1.29 is 31.9 Å². The third kappa shape index (κ3) is 5.59. The number of nitrogens with one attached hydrogen (secondary N) is 1. The van der Waals surface area contributed by atoms with Crippen LogP contribution >= 0.6 is 11.6 Å². The molecule has 0 radical (unpaired) electrons. The van der Waals surface area contributed by atoms with E-state index >= 15 is 0 Å². The summed E-state index contributed by atoms with van der Waals surface area (Å²) >= 11 is 5.79. The Morgan fingerprint density at radius 2 is 1.81 bits per heavy atom. The molecule has 1 N–H and O–H groups in total. The third-order valence-electron chi connectivity index (χ3n) is 4.52. The SMILES string of the molecule is CC(OC(=O)c1ccc(F)c(S(=O)(=O)N2CCOCC2)c1)C(=O)Nc1ccc(Cl)cc1. The van der Waals surface area contributed by atoms with E-state index in [-0.39, 0.29) is 31.9 Å². The fraction of sp³-hybridized carbons (Fsp3) is 0.300. The largest absolute Gasteiger partial charge is 0.449 e. The molecule has 166 valence electrons. The molecular weight excluding hydrogens is 451 g/mol. The number of rotatable bonds is 6. The Morgan fingerprint density at radius 3 is 2.45 bits per heavy atom. The second-order valence-electron chi connectivity index (χ2n) is 6.71. The Morgan fingerprint density at radius 1 is 1.16 bits per heavy atom. The molecule has 11 heteroatoms. The first-order valence-electron chi connectivity index (χ1n) is 9.33. The molecule has 1 atom stereocenters. The zero-order valence-corrected chi connectivity index (χ0v) is 18.1. The summed E-state index contributed by atoms with van der Waals surface area (Å²) in [6.45, 7) is 1.92. The van der Waals surface area contributed by atoms with Crippen LogP contribution in [0.25, 0.3) is 0 Å². The van der Waals surface area contributed by atoms with Gasteiger partial charge in [-0.15, -0.1) is 0 Å². The fourth-order valence-corrected chi connectivity index (χ4v) is 4.44. The molecule has 1 aliphatic heterocycles. The first kappa shape index (κ1) is 23.1. The molecule has 3 rings (SSSR count). The van der Waals surface area contributed by atoms with Gasteiger partial charge in [0.25, 0.3) is 5.91 Å². The standard InChI is InChI=1S/C20H20ClFN2O6S/c1-13(19(25)23-16-5-3-15(21)4-6-16)30-20(26)14-2-7-17(22)18(12-14)31(27,28)24-8-10-29-11-9-24/h2-7,12-13H,8-11H2,1H3,(H,23,25). The van der Waals surface area contributed by atoms with Crippen LogP contribution in [0, 0.1) is 5.82 Å². The van der Waals surface area contributed by atoms with Gasteiger partial charge in [0.15, 0.2) is 6.10 Å². The predicted molar refractivity (Wildman–Crippen MR) is 111 cm³/mol. The first-order chi connectivity index (χ1) is 14.7. The fourth-order valence-electron chi connectivity index (χ4n) is 2.81. The Labute approximate surface area is 183 Å². The molecule has 0 saturated carbocycles. The number of nitrogens with zero attached hydrogens (tertiary/aromatic N) is 1. The van der Waals surface area contributed by atoms with Gasteiger partial charge in [-0.05, 0) is 49.4 Å². The maximum atomic E-state index is 14.3. The zero-order valence-electron chi connectivity index (χ0n) is 16.5. The van der Waals surface area contributed by atoms with Crippen molar-refractivity contribution in [3.8, 4) is 0 Å². The summed E-state index contributed by atoms with van der Waals surface area (Å²) in [7, 11) is -4.16. The number of sulfonamides is 1. The first-order valence-corrected chi connectivity index (χ1v) is 11.1. The van der Waals surface area contributed by atoms with E-state index in [2.05, 4.69) is 5.32 Å².